The summed E-state index contributed by atoms with van der Waals surface area (Å²) >= 11 is 0. The van der Waals surface area contributed by atoms with E-state index >= 15 is 0 Å². The van der Waals surface area contributed by atoms with Crippen molar-refractivity contribution in [3.63, 3.8) is 0 Å². The zero-order valence-electron chi connectivity index (χ0n) is 11.4. The summed E-state index contributed by atoms with van der Waals surface area (Å²) in [6.07, 6.45) is 3.92. The second kappa shape index (κ2) is 7.88. The Bertz CT molecular complexity index is 359. The lowest BCUT2D eigenvalue weighted by atomic mass is 10.0. The first-order valence-corrected chi connectivity index (χ1v) is 6.60. The Morgan fingerprint density at radius 2 is 1.83 bits per heavy atom. The molecule has 1 aromatic carbocycles. The van der Waals surface area contributed by atoms with E-state index in [0.717, 1.165) is 12.0 Å². The number of hydrogen-bond donors (Lipinski definition) is 1. The molecule has 0 aliphatic heterocycles. The van der Waals surface area contributed by atoms with Gasteiger partial charge in [0.15, 0.2) is 0 Å². The number of aliphatic hydroxyl groups is 1. The maximum atomic E-state index is 11.8. The molecule has 100 valence electrons. The van der Waals surface area contributed by atoms with Crippen molar-refractivity contribution in [2.24, 2.45) is 0 Å². The summed E-state index contributed by atoms with van der Waals surface area (Å²) in [6, 6.07) is 8.25. The van der Waals surface area contributed by atoms with Gasteiger partial charge in [-0.1, -0.05) is 37.6 Å². The average Bonchev–Trinajstić information content (AvgIpc) is 2.38. The summed E-state index contributed by atoms with van der Waals surface area (Å²) in [6.45, 7) is 2.59. The van der Waals surface area contributed by atoms with E-state index in [1.165, 1.54) is 18.4 Å². The molecular weight excluding hydrogens is 226 g/mol. The molecule has 0 saturated heterocycles. The van der Waals surface area contributed by atoms with Crippen LogP contribution in [0.5, 0.6) is 0 Å². The van der Waals surface area contributed by atoms with Gasteiger partial charge in [0.25, 0.3) is 0 Å². The summed E-state index contributed by atoms with van der Waals surface area (Å²) in [7, 11) is 1.72. The van der Waals surface area contributed by atoms with Crippen LogP contribution in [-0.4, -0.2) is 36.1 Å². The summed E-state index contributed by atoms with van der Waals surface area (Å²) < 4.78 is 0. The van der Waals surface area contributed by atoms with Crippen molar-refractivity contribution in [1.29, 1.82) is 0 Å². The number of aliphatic hydroxyl groups excluding tert-OH is 1. The second-order valence-electron chi connectivity index (χ2n) is 4.64. The lowest BCUT2D eigenvalue weighted by Crippen LogP contribution is -2.30. The highest BCUT2D eigenvalue weighted by atomic mass is 16.3. The predicted molar refractivity (Wildman–Crippen MR) is 73.5 cm³/mol. The van der Waals surface area contributed by atoms with E-state index in [-0.39, 0.29) is 12.5 Å². The fourth-order valence-corrected chi connectivity index (χ4v) is 1.79. The number of rotatable bonds is 7. The van der Waals surface area contributed by atoms with E-state index in [1.54, 1.807) is 11.9 Å². The van der Waals surface area contributed by atoms with E-state index in [0.29, 0.717) is 13.0 Å². The van der Waals surface area contributed by atoms with Crippen LogP contribution < -0.4 is 0 Å². The van der Waals surface area contributed by atoms with Crippen molar-refractivity contribution >= 4 is 5.91 Å². The van der Waals surface area contributed by atoms with E-state index in [1.807, 2.05) is 12.1 Å². The van der Waals surface area contributed by atoms with Crippen molar-refractivity contribution in [2.75, 3.05) is 20.2 Å². The first-order chi connectivity index (χ1) is 8.67. The van der Waals surface area contributed by atoms with E-state index < -0.39 is 0 Å². The monoisotopic (exact) mass is 249 g/mol. The van der Waals surface area contributed by atoms with Crippen LogP contribution in [-0.2, 0) is 17.6 Å². The highest BCUT2D eigenvalue weighted by Gasteiger charge is 2.08. The molecule has 1 aromatic rings. The van der Waals surface area contributed by atoms with Gasteiger partial charge in [0, 0.05) is 13.6 Å². The smallest absolute Gasteiger partial charge is 0.226 e. The van der Waals surface area contributed by atoms with Gasteiger partial charge in [-0.2, -0.15) is 0 Å². The van der Waals surface area contributed by atoms with Crippen LogP contribution in [0.2, 0.25) is 0 Å². The van der Waals surface area contributed by atoms with Crippen molar-refractivity contribution in [2.45, 2.75) is 32.6 Å². The maximum Gasteiger partial charge on any atom is 0.226 e. The number of amides is 1. The molecule has 1 rings (SSSR count). The fourth-order valence-electron chi connectivity index (χ4n) is 1.79. The number of benzene rings is 1. The van der Waals surface area contributed by atoms with Crippen molar-refractivity contribution < 1.29 is 9.90 Å². The average molecular weight is 249 g/mol. The Balaban J connectivity index is 2.50. The Kier molecular flexibility index (Phi) is 6.44. The highest BCUT2D eigenvalue weighted by molar-refractivity contribution is 5.78. The van der Waals surface area contributed by atoms with Crippen molar-refractivity contribution in [3.8, 4) is 0 Å². The molecule has 0 aromatic heterocycles. The summed E-state index contributed by atoms with van der Waals surface area (Å²) in [5, 5.41) is 8.78. The lowest BCUT2D eigenvalue weighted by Gasteiger charge is -2.15. The molecule has 1 N–H and O–H groups in total. The van der Waals surface area contributed by atoms with Crippen LogP contribution >= 0.6 is 0 Å². The number of hydrogen-bond acceptors (Lipinski definition) is 2. The van der Waals surface area contributed by atoms with Gasteiger partial charge in [-0.15, -0.1) is 0 Å². The molecule has 0 aliphatic carbocycles. The molecular formula is C15H23NO2. The van der Waals surface area contributed by atoms with Gasteiger partial charge in [0.2, 0.25) is 5.91 Å². The van der Waals surface area contributed by atoms with Crippen LogP contribution in [0, 0.1) is 0 Å². The molecule has 1 amide bonds. The van der Waals surface area contributed by atoms with Gasteiger partial charge >= 0.3 is 0 Å². The lowest BCUT2D eigenvalue weighted by molar-refractivity contribution is -0.129. The van der Waals surface area contributed by atoms with E-state index in [4.69, 9.17) is 5.11 Å². The molecule has 0 fully saturated rings. The Labute approximate surface area is 109 Å². The highest BCUT2D eigenvalue weighted by Crippen LogP contribution is 2.09. The minimum absolute atomic E-state index is 0.0121. The third-order valence-electron chi connectivity index (χ3n) is 3.06. The number of aryl methyl sites for hydroxylation is 1. The molecule has 0 saturated carbocycles. The number of carbonyl (C=O) groups excluding carboxylic acids is 1. The molecule has 0 aliphatic rings. The Morgan fingerprint density at radius 3 is 2.39 bits per heavy atom. The number of unbranched alkanes of at least 4 members (excludes halogenated alkanes) is 1. The molecule has 0 heterocycles. The zero-order valence-corrected chi connectivity index (χ0v) is 11.4. The number of carbonyl (C=O) groups is 1. The summed E-state index contributed by atoms with van der Waals surface area (Å²) in [5.74, 6) is 0.0466. The Morgan fingerprint density at radius 1 is 1.22 bits per heavy atom. The molecule has 0 unspecified atom stereocenters. The molecule has 0 bridgehead atoms. The van der Waals surface area contributed by atoms with Gasteiger partial charge in [-0.05, 0) is 24.0 Å². The maximum absolute atomic E-state index is 11.8. The van der Waals surface area contributed by atoms with Gasteiger partial charge in [-0.3, -0.25) is 4.79 Å². The molecule has 18 heavy (non-hydrogen) atoms. The zero-order chi connectivity index (χ0) is 13.4. The van der Waals surface area contributed by atoms with Gasteiger partial charge in [0.1, 0.15) is 0 Å². The van der Waals surface area contributed by atoms with E-state index in [9.17, 15) is 4.79 Å². The van der Waals surface area contributed by atoms with E-state index in [2.05, 4.69) is 19.1 Å². The van der Waals surface area contributed by atoms with Crippen LogP contribution in [0.3, 0.4) is 0 Å². The quantitative estimate of drug-likeness (QED) is 0.803. The van der Waals surface area contributed by atoms with Gasteiger partial charge < -0.3 is 10.0 Å². The first-order valence-electron chi connectivity index (χ1n) is 6.60. The molecule has 0 radical (unpaired) electrons. The second-order valence-corrected chi connectivity index (χ2v) is 4.64. The number of nitrogens with zero attached hydrogens (tertiary/aromatic N) is 1. The topological polar surface area (TPSA) is 40.5 Å². The molecule has 3 nitrogen and oxygen atoms in total. The molecule has 0 atom stereocenters. The molecule has 3 heteroatoms. The number of likely N-dealkylation sites (N-methyl/N-ethyl adjacent to an activating group) is 1. The third kappa shape index (κ3) is 4.88. The third-order valence-corrected chi connectivity index (χ3v) is 3.06. The van der Waals surface area contributed by atoms with Crippen LogP contribution in [0.4, 0.5) is 0 Å². The van der Waals surface area contributed by atoms with Crippen molar-refractivity contribution in [1.82, 2.24) is 4.90 Å². The fraction of sp³-hybridized carbons (Fsp3) is 0.533. The van der Waals surface area contributed by atoms with Crippen LogP contribution in [0.1, 0.15) is 30.9 Å². The summed E-state index contributed by atoms with van der Waals surface area (Å²) in [4.78, 5) is 13.3. The Hall–Kier alpha value is -1.35. The largest absolute Gasteiger partial charge is 0.395 e. The summed E-state index contributed by atoms with van der Waals surface area (Å²) in [5.41, 5.74) is 2.36. The first kappa shape index (κ1) is 14.7. The van der Waals surface area contributed by atoms with Gasteiger partial charge in [-0.25, -0.2) is 0 Å². The molecule has 0 spiro atoms. The van der Waals surface area contributed by atoms with Crippen LogP contribution in [0.15, 0.2) is 24.3 Å². The van der Waals surface area contributed by atoms with Gasteiger partial charge in [0.05, 0.1) is 13.0 Å². The normalized spacial score (nSPS) is 10.4. The minimum Gasteiger partial charge on any atom is -0.395 e. The minimum atomic E-state index is 0.0121. The SMILES string of the molecule is CCCCc1ccc(CC(=O)N(C)CCO)cc1. The van der Waals surface area contributed by atoms with Crippen LogP contribution in [0.25, 0.3) is 0 Å². The standard InChI is InChI=1S/C15H23NO2/c1-3-4-5-13-6-8-14(9-7-13)12-15(18)16(2)10-11-17/h6-9,17H,3-5,10-12H2,1-2H3. The predicted octanol–water partition coefficient (Wildman–Crippen LogP) is 2.02. The van der Waals surface area contributed by atoms with Crippen molar-refractivity contribution in [3.05, 3.63) is 35.4 Å².